The number of rotatable bonds is 2. The average molecular weight is 322 g/mol. The zero-order valence-corrected chi connectivity index (χ0v) is 12.8. The number of hydrogen-bond donors (Lipinski definition) is 1. The van der Waals surface area contributed by atoms with Crippen LogP contribution < -0.4 is 4.90 Å². The van der Waals surface area contributed by atoms with Gasteiger partial charge in [-0.1, -0.05) is 12.1 Å². The van der Waals surface area contributed by atoms with Crippen molar-refractivity contribution in [2.45, 2.75) is 0 Å². The van der Waals surface area contributed by atoms with Crippen molar-refractivity contribution >= 4 is 28.0 Å². The number of nitrogens with zero attached hydrogens (tertiary/aromatic N) is 5. The standard InChI is InChI=1S/C16H14N6O2/c1-2-10(11-8-18-21-12(11)3-1)14-19-15(22-4-6-23-7-5-22)13-16(20-14)24-9-17-13/h1-3,8-9H,4-7H2,(H,18,21). The number of ether oxygens (including phenoxy) is 1. The van der Waals surface area contributed by atoms with E-state index in [2.05, 4.69) is 25.1 Å². The molecule has 0 saturated carbocycles. The van der Waals surface area contributed by atoms with E-state index in [9.17, 15) is 0 Å². The van der Waals surface area contributed by atoms with Gasteiger partial charge in [-0.15, -0.1) is 0 Å². The highest BCUT2D eigenvalue weighted by Gasteiger charge is 2.21. The molecule has 1 N–H and O–H groups in total. The predicted octanol–water partition coefficient (Wildman–Crippen LogP) is 2.00. The lowest BCUT2D eigenvalue weighted by Crippen LogP contribution is -2.37. The summed E-state index contributed by atoms with van der Waals surface area (Å²) in [5.74, 6) is 1.39. The summed E-state index contributed by atoms with van der Waals surface area (Å²) in [6.45, 7) is 2.90. The number of H-pyrrole nitrogens is 1. The molecule has 0 spiro atoms. The van der Waals surface area contributed by atoms with E-state index in [4.69, 9.17) is 14.1 Å². The number of aromatic nitrogens is 5. The van der Waals surface area contributed by atoms with Crippen molar-refractivity contribution in [2.75, 3.05) is 31.2 Å². The summed E-state index contributed by atoms with van der Waals surface area (Å²) in [5.41, 5.74) is 3.03. The fourth-order valence-electron chi connectivity index (χ4n) is 3.03. The van der Waals surface area contributed by atoms with Crippen molar-refractivity contribution in [2.24, 2.45) is 0 Å². The van der Waals surface area contributed by atoms with Gasteiger partial charge in [-0.3, -0.25) is 5.10 Å². The number of aromatic amines is 1. The monoisotopic (exact) mass is 322 g/mol. The first-order valence-electron chi connectivity index (χ1n) is 7.76. The minimum absolute atomic E-state index is 0.488. The van der Waals surface area contributed by atoms with Crippen LogP contribution in [0.25, 0.3) is 33.5 Å². The molecular formula is C16H14N6O2. The molecule has 1 saturated heterocycles. The average Bonchev–Trinajstić information content (AvgIpc) is 3.30. The normalized spacial score (nSPS) is 15.4. The maximum absolute atomic E-state index is 5.46. The van der Waals surface area contributed by atoms with Crippen molar-refractivity contribution in [3.8, 4) is 11.4 Å². The van der Waals surface area contributed by atoms with Crippen molar-refractivity contribution in [1.29, 1.82) is 0 Å². The molecule has 1 aliphatic rings. The number of benzene rings is 1. The highest BCUT2D eigenvalue weighted by molar-refractivity contribution is 5.94. The van der Waals surface area contributed by atoms with Gasteiger partial charge < -0.3 is 14.1 Å². The van der Waals surface area contributed by atoms with Gasteiger partial charge in [-0.05, 0) is 6.07 Å². The third-order valence-electron chi connectivity index (χ3n) is 4.22. The molecular weight excluding hydrogens is 308 g/mol. The van der Waals surface area contributed by atoms with E-state index in [1.165, 1.54) is 6.39 Å². The van der Waals surface area contributed by atoms with Gasteiger partial charge in [0.15, 0.2) is 23.6 Å². The van der Waals surface area contributed by atoms with E-state index in [0.717, 1.165) is 35.4 Å². The van der Waals surface area contributed by atoms with E-state index >= 15 is 0 Å². The Labute approximate surface area is 136 Å². The van der Waals surface area contributed by atoms with E-state index in [-0.39, 0.29) is 0 Å². The molecule has 1 fully saturated rings. The minimum Gasteiger partial charge on any atom is -0.425 e. The van der Waals surface area contributed by atoms with Gasteiger partial charge in [-0.25, -0.2) is 9.97 Å². The number of nitrogens with one attached hydrogen (secondary N) is 1. The Bertz CT molecular complexity index is 1020. The zero-order valence-electron chi connectivity index (χ0n) is 12.8. The van der Waals surface area contributed by atoms with Crippen molar-refractivity contribution < 1.29 is 9.15 Å². The molecule has 0 bridgehead atoms. The number of fused-ring (bicyclic) bond motifs is 2. The van der Waals surface area contributed by atoms with E-state index < -0.39 is 0 Å². The van der Waals surface area contributed by atoms with E-state index in [0.29, 0.717) is 30.3 Å². The number of morpholine rings is 1. The maximum atomic E-state index is 5.46. The summed E-state index contributed by atoms with van der Waals surface area (Å²) in [6.07, 6.45) is 3.19. The van der Waals surface area contributed by atoms with Crippen LogP contribution in [0.15, 0.2) is 35.2 Å². The highest BCUT2D eigenvalue weighted by atomic mass is 16.5. The van der Waals surface area contributed by atoms with Gasteiger partial charge in [0.25, 0.3) is 5.71 Å². The van der Waals surface area contributed by atoms with Gasteiger partial charge >= 0.3 is 0 Å². The molecule has 1 aromatic carbocycles. The lowest BCUT2D eigenvalue weighted by atomic mass is 10.1. The smallest absolute Gasteiger partial charge is 0.252 e. The molecule has 0 atom stereocenters. The Hall–Kier alpha value is -3.00. The van der Waals surface area contributed by atoms with Crippen LogP contribution >= 0.6 is 0 Å². The second-order valence-corrected chi connectivity index (χ2v) is 5.61. The molecule has 0 radical (unpaired) electrons. The van der Waals surface area contributed by atoms with Gasteiger partial charge in [0.2, 0.25) is 0 Å². The second-order valence-electron chi connectivity index (χ2n) is 5.61. The first-order chi connectivity index (χ1) is 11.9. The van der Waals surface area contributed by atoms with Gasteiger partial charge in [-0.2, -0.15) is 10.1 Å². The fourth-order valence-corrected chi connectivity index (χ4v) is 3.03. The molecule has 4 aromatic rings. The van der Waals surface area contributed by atoms with Crippen molar-refractivity contribution in [3.63, 3.8) is 0 Å². The molecule has 5 rings (SSSR count). The van der Waals surface area contributed by atoms with Crippen molar-refractivity contribution in [1.82, 2.24) is 25.1 Å². The Morgan fingerprint density at radius 3 is 2.96 bits per heavy atom. The quantitative estimate of drug-likeness (QED) is 0.603. The van der Waals surface area contributed by atoms with Crippen LogP contribution in [0.4, 0.5) is 5.82 Å². The summed E-state index contributed by atoms with van der Waals surface area (Å²) in [5, 5.41) is 8.06. The molecule has 0 unspecified atom stereocenters. The molecule has 8 nitrogen and oxygen atoms in total. The van der Waals surface area contributed by atoms with Crippen LogP contribution in [-0.2, 0) is 4.74 Å². The first kappa shape index (κ1) is 13.4. The van der Waals surface area contributed by atoms with Crippen LogP contribution in [0.5, 0.6) is 0 Å². The van der Waals surface area contributed by atoms with Gasteiger partial charge in [0, 0.05) is 24.0 Å². The SMILES string of the molecule is c1cc(-c2nc(N3CCOCC3)c3ncoc3n2)c2cn[nH]c2c1. The molecule has 0 amide bonds. The van der Waals surface area contributed by atoms with E-state index in [1.54, 1.807) is 6.20 Å². The molecule has 120 valence electrons. The minimum atomic E-state index is 0.488. The summed E-state index contributed by atoms with van der Waals surface area (Å²) < 4.78 is 10.9. The Kier molecular flexibility index (Phi) is 2.95. The third-order valence-corrected chi connectivity index (χ3v) is 4.22. The molecule has 24 heavy (non-hydrogen) atoms. The number of oxazole rings is 1. The first-order valence-corrected chi connectivity index (χ1v) is 7.76. The summed E-state index contributed by atoms with van der Waals surface area (Å²) in [7, 11) is 0. The maximum Gasteiger partial charge on any atom is 0.252 e. The van der Waals surface area contributed by atoms with E-state index in [1.807, 2.05) is 18.2 Å². The Morgan fingerprint density at radius 2 is 2.04 bits per heavy atom. The van der Waals surface area contributed by atoms with Gasteiger partial charge in [0.1, 0.15) is 0 Å². The van der Waals surface area contributed by atoms with Crippen LogP contribution in [0.1, 0.15) is 0 Å². The third kappa shape index (κ3) is 2.04. The second kappa shape index (κ2) is 5.27. The number of hydrogen-bond acceptors (Lipinski definition) is 7. The fraction of sp³-hybridized carbons (Fsp3) is 0.250. The molecule has 4 heterocycles. The van der Waals surface area contributed by atoms with Crippen LogP contribution in [-0.4, -0.2) is 51.5 Å². The largest absolute Gasteiger partial charge is 0.425 e. The summed E-state index contributed by atoms with van der Waals surface area (Å²) in [4.78, 5) is 15.8. The molecule has 8 heteroatoms. The highest BCUT2D eigenvalue weighted by Crippen LogP contribution is 2.30. The van der Waals surface area contributed by atoms with Crippen LogP contribution in [0.2, 0.25) is 0 Å². The van der Waals surface area contributed by atoms with Crippen LogP contribution in [0, 0.1) is 0 Å². The lowest BCUT2D eigenvalue weighted by Gasteiger charge is -2.27. The van der Waals surface area contributed by atoms with Gasteiger partial charge in [0.05, 0.1) is 24.9 Å². The topological polar surface area (TPSA) is 93.0 Å². The van der Waals surface area contributed by atoms with Crippen LogP contribution in [0.3, 0.4) is 0 Å². The molecule has 1 aliphatic heterocycles. The predicted molar refractivity (Wildman–Crippen MR) is 87.7 cm³/mol. The zero-order chi connectivity index (χ0) is 15.9. The Morgan fingerprint density at radius 1 is 1.12 bits per heavy atom. The molecule has 3 aromatic heterocycles. The Balaban J connectivity index is 1.73. The summed E-state index contributed by atoms with van der Waals surface area (Å²) >= 11 is 0. The van der Waals surface area contributed by atoms with Crippen molar-refractivity contribution in [3.05, 3.63) is 30.8 Å². The summed E-state index contributed by atoms with van der Waals surface area (Å²) in [6, 6.07) is 5.92. The lowest BCUT2D eigenvalue weighted by molar-refractivity contribution is 0.122. The number of anilines is 1. The molecule has 0 aliphatic carbocycles.